The van der Waals surface area contributed by atoms with Gasteiger partial charge in [0.15, 0.2) is 0 Å². The molecule has 2 N–H and O–H groups in total. The molecule has 0 amide bonds. The van der Waals surface area contributed by atoms with Crippen LogP contribution in [0.3, 0.4) is 0 Å². The second-order valence-corrected chi connectivity index (χ2v) is 3.94. The summed E-state index contributed by atoms with van der Waals surface area (Å²) in [5.74, 6) is 0. The van der Waals surface area contributed by atoms with E-state index in [2.05, 4.69) is 18.7 Å². The predicted octanol–water partition coefficient (Wildman–Crippen LogP) is 1.35. The molecule has 1 aromatic rings. The molecule has 1 heterocycles. The summed E-state index contributed by atoms with van der Waals surface area (Å²) < 4.78 is 5.07. The number of nitrogens with zero attached hydrogens (tertiary/aromatic N) is 1. The minimum absolute atomic E-state index is 0.459. The van der Waals surface area contributed by atoms with E-state index in [1.807, 2.05) is 12.1 Å². The molecule has 4 heteroatoms. The Bertz CT molecular complexity index is 407. The topological polar surface area (TPSA) is 59.0 Å². The summed E-state index contributed by atoms with van der Waals surface area (Å²) in [6, 6.07) is 7.75. The van der Waals surface area contributed by atoms with Crippen LogP contribution in [-0.4, -0.2) is 13.2 Å². The molecular weight excluding hydrogens is 196 g/mol. The Hall–Kier alpha value is -1.18. The number of ether oxygens (including phenoxy) is 1. The van der Waals surface area contributed by atoms with E-state index in [4.69, 9.17) is 15.7 Å². The molecule has 0 saturated carbocycles. The summed E-state index contributed by atoms with van der Waals surface area (Å²) in [6.07, 6.45) is 0. The van der Waals surface area contributed by atoms with Crippen molar-refractivity contribution in [3.63, 3.8) is 0 Å². The number of hydrogen-bond donors (Lipinski definition) is 2. The number of rotatable bonds is 1. The van der Waals surface area contributed by atoms with Crippen LogP contribution in [0.25, 0.3) is 0 Å². The molecule has 3 nitrogen and oxygen atoms in total. The maximum Gasteiger partial charge on any atom is 0.129 e. The lowest BCUT2D eigenvalue weighted by Gasteiger charge is -2.35. The molecule has 2 rings (SSSR count). The number of nitrogen functional groups attached to an aromatic ring is 1. The third-order valence-corrected chi connectivity index (χ3v) is 2.88. The highest BCUT2D eigenvalue weighted by atomic mass is 32.1. The van der Waals surface area contributed by atoms with Crippen molar-refractivity contribution in [3.05, 3.63) is 23.8 Å². The van der Waals surface area contributed by atoms with E-state index < -0.39 is 5.41 Å². The van der Waals surface area contributed by atoms with Crippen LogP contribution < -0.4 is 5.73 Å². The van der Waals surface area contributed by atoms with Gasteiger partial charge in [0.05, 0.1) is 19.3 Å². The molecule has 0 radical (unpaired) electrons. The molecule has 0 spiro atoms. The lowest BCUT2D eigenvalue weighted by atomic mass is 9.80. The second kappa shape index (κ2) is 3.19. The lowest BCUT2D eigenvalue weighted by Crippen LogP contribution is -2.45. The van der Waals surface area contributed by atoms with Gasteiger partial charge in [-0.2, -0.15) is 5.26 Å². The number of nitrogens with two attached hydrogens (primary N) is 1. The van der Waals surface area contributed by atoms with Crippen LogP contribution >= 0.6 is 12.6 Å². The van der Waals surface area contributed by atoms with Crippen molar-refractivity contribution in [2.75, 3.05) is 18.9 Å². The molecule has 1 aromatic carbocycles. The van der Waals surface area contributed by atoms with Crippen LogP contribution in [0.5, 0.6) is 0 Å². The van der Waals surface area contributed by atoms with Gasteiger partial charge in [-0.1, -0.05) is 6.07 Å². The van der Waals surface area contributed by atoms with Crippen molar-refractivity contribution in [2.24, 2.45) is 0 Å². The maximum atomic E-state index is 9.06. The predicted molar refractivity (Wildman–Crippen MR) is 56.2 cm³/mol. The Morgan fingerprint density at radius 3 is 2.64 bits per heavy atom. The smallest absolute Gasteiger partial charge is 0.129 e. The molecule has 1 aliphatic heterocycles. The van der Waals surface area contributed by atoms with Crippen molar-refractivity contribution >= 4 is 18.3 Å². The van der Waals surface area contributed by atoms with E-state index in [0.717, 1.165) is 5.56 Å². The number of hydrogen-bond acceptors (Lipinski definition) is 4. The van der Waals surface area contributed by atoms with E-state index in [9.17, 15) is 0 Å². The quantitative estimate of drug-likeness (QED) is 0.538. The zero-order valence-electron chi connectivity index (χ0n) is 7.53. The van der Waals surface area contributed by atoms with E-state index in [1.54, 1.807) is 6.07 Å². The van der Waals surface area contributed by atoms with Crippen LogP contribution in [0.4, 0.5) is 5.69 Å². The Balaban J connectivity index is 2.42. The van der Waals surface area contributed by atoms with Crippen molar-refractivity contribution in [2.45, 2.75) is 10.3 Å². The maximum absolute atomic E-state index is 9.06. The highest BCUT2D eigenvalue weighted by Crippen LogP contribution is 2.33. The number of thiol groups is 1. The SMILES string of the molecule is N#CC1(c2ccc(N)c(S)c2)COC1. The summed E-state index contributed by atoms with van der Waals surface area (Å²) in [7, 11) is 0. The third kappa shape index (κ3) is 1.26. The Morgan fingerprint density at radius 2 is 2.21 bits per heavy atom. The van der Waals surface area contributed by atoms with Gasteiger partial charge in [0.2, 0.25) is 0 Å². The van der Waals surface area contributed by atoms with E-state index in [0.29, 0.717) is 23.8 Å². The minimum atomic E-state index is -0.481. The van der Waals surface area contributed by atoms with Gasteiger partial charge < -0.3 is 10.5 Å². The summed E-state index contributed by atoms with van der Waals surface area (Å²) in [4.78, 5) is 0.712. The largest absolute Gasteiger partial charge is 0.398 e. The van der Waals surface area contributed by atoms with Gasteiger partial charge in [-0.25, -0.2) is 0 Å². The molecular formula is C10H10N2OS. The first-order valence-corrected chi connectivity index (χ1v) is 4.71. The zero-order valence-corrected chi connectivity index (χ0v) is 8.42. The second-order valence-electron chi connectivity index (χ2n) is 3.46. The summed E-state index contributed by atoms with van der Waals surface area (Å²) >= 11 is 4.23. The normalized spacial score (nSPS) is 18.3. The van der Waals surface area contributed by atoms with Crippen molar-refractivity contribution in [1.29, 1.82) is 5.26 Å². The van der Waals surface area contributed by atoms with Gasteiger partial charge >= 0.3 is 0 Å². The zero-order chi connectivity index (χ0) is 10.2. The fourth-order valence-corrected chi connectivity index (χ4v) is 1.66. The van der Waals surface area contributed by atoms with E-state index >= 15 is 0 Å². The molecule has 0 aromatic heterocycles. The van der Waals surface area contributed by atoms with Crippen LogP contribution in [-0.2, 0) is 10.2 Å². The molecule has 14 heavy (non-hydrogen) atoms. The van der Waals surface area contributed by atoms with Gasteiger partial charge in [-0.15, -0.1) is 12.6 Å². The van der Waals surface area contributed by atoms with Crippen molar-refractivity contribution in [3.8, 4) is 6.07 Å². The molecule has 0 aliphatic carbocycles. The Labute approximate surface area is 87.9 Å². The molecule has 1 saturated heterocycles. The minimum Gasteiger partial charge on any atom is -0.398 e. The standard InChI is InChI=1S/C10H10N2OS/c11-4-10(5-13-6-10)7-1-2-8(12)9(14)3-7/h1-3,14H,5-6,12H2. The summed E-state index contributed by atoms with van der Waals surface area (Å²) in [5.41, 5.74) is 6.73. The third-order valence-electron chi connectivity index (χ3n) is 2.49. The van der Waals surface area contributed by atoms with Gasteiger partial charge in [-0.05, 0) is 17.7 Å². The summed E-state index contributed by atoms with van der Waals surface area (Å²) in [5, 5.41) is 9.06. The van der Waals surface area contributed by atoms with Crippen LogP contribution in [0, 0.1) is 11.3 Å². The van der Waals surface area contributed by atoms with Crippen molar-refractivity contribution in [1.82, 2.24) is 0 Å². The number of anilines is 1. The molecule has 0 bridgehead atoms. The van der Waals surface area contributed by atoms with Gasteiger partial charge in [-0.3, -0.25) is 0 Å². The molecule has 0 unspecified atom stereocenters. The molecule has 72 valence electrons. The highest BCUT2D eigenvalue weighted by molar-refractivity contribution is 7.80. The molecule has 1 fully saturated rings. The Morgan fingerprint density at radius 1 is 1.50 bits per heavy atom. The van der Waals surface area contributed by atoms with Gasteiger partial charge in [0.25, 0.3) is 0 Å². The summed E-state index contributed by atoms with van der Waals surface area (Å²) in [6.45, 7) is 0.918. The van der Waals surface area contributed by atoms with Gasteiger partial charge in [0.1, 0.15) is 5.41 Å². The first kappa shape index (κ1) is 9.38. The van der Waals surface area contributed by atoms with Crippen LogP contribution in [0.1, 0.15) is 5.56 Å². The van der Waals surface area contributed by atoms with Crippen LogP contribution in [0.2, 0.25) is 0 Å². The van der Waals surface area contributed by atoms with E-state index in [-0.39, 0.29) is 0 Å². The fourth-order valence-electron chi connectivity index (χ4n) is 1.44. The van der Waals surface area contributed by atoms with Crippen molar-refractivity contribution < 1.29 is 4.74 Å². The molecule has 1 aliphatic rings. The van der Waals surface area contributed by atoms with E-state index in [1.165, 1.54) is 0 Å². The number of nitriles is 1. The van der Waals surface area contributed by atoms with Crippen LogP contribution in [0.15, 0.2) is 23.1 Å². The lowest BCUT2D eigenvalue weighted by molar-refractivity contribution is -0.0298. The fraction of sp³-hybridized carbons (Fsp3) is 0.300. The first-order chi connectivity index (χ1) is 6.68. The average molecular weight is 206 g/mol. The Kier molecular flexibility index (Phi) is 2.14. The van der Waals surface area contributed by atoms with Gasteiger partial charge in [0, 0.05) is 10.6 Å². The monoisotopic (exact) mass is 206 g/mol. The molecule has 0 atom stereocenters. The first-order valence-electron chi connectivity index (χ1n) is 4.26. The number of benzene rings is 1. The highest BCUT2D eigenvalue weighted by Gasteiger charge is 2.40. The average Bonchev–Trinajstić information content (AvgIpc) is 2.10.